The number of ether oxygens (including phenoxy) is 1. The summed E-state index contributed by atoms with van der Waals surface area (Å²) in [5.74, 6) is -3.63. The molecule has 0 spiro atoms. The van der Waals surface area contributed by atoms with E-state index in [1.165, 1.54) is 16.5 Å². The number of amides is 1. The molecule has 33 heavy (non-hydrogen) atoms. The Morgan fingerprint density at radius 2 is 1.88 bits per heavy atom. The van der Waals surface area contributed by atoms with Gasteiger partial charge >= 0.3 is 6.18 Å². The number of nitrogens with zero attached hydrogens (tertiary/aromatic N) is 2. The molecule has 2 aromatic rings. The van der Waals surface area contributed by atoms with Gasteiger partial charge in [0.25, 0.3) is 5.91 Å². The minimum atomic E-state index is -4.71. The summed E-state index contributed by atoms with van der Waals surface area (Å²) in [6.07, 6.45) is -4.00. The Hall–Kier alpha value is -2.27. The molecule has 182 valence electrons. The number of aryl methyl sites for hydroxylation is 1. The van der Waals surface area contributed by atoms with Crippen molar-refractivity contribution in [1.29, 1.82) is 0 Å². The molecule has 1 saturated carbocycles. The van der Waals surface area contributed by atoms with Crippen LogP contribution < -0.4 is 5.48 Å². The minimum Gasteiger partial charge on any atom is -0.381 e. The predicted molar refractivity (Wildman–Crippen MR) is 108 cm³/mol. The average Bonchev–Trinajstić information content (AvgIpc) is 3.13. The summed E-state index contributed by atoms with van der Waals surface area (Å²) in [4.78, 5) is 21.7. The second-order valence-corrected chi connectivity index (χ2v) is 8.85. The minimum absolute atomic E-state index is 0.00860. The number of carbonyl (C=O) groups is 1. The van der Waals surface area contributed by atoms with E-state index in [-0.39, 0.29) is 61.0 Å². The Kier molecular flexibility index (Phi) is 6.63. The Morgan fingerprint density at radius 3 is 2.52 bits per heavy atom. The van der Waals surface area contributed by atoms with Crippen LogP contribution in [0.5, 0.6) is 0 Å². The number of imidazole rings is 1. The Morgan fingerprint density at radius 1 is 1.21 bits per heavy atom. The first-order chi connectivity index (χ1) is 15.5. The number of carbonyl (C=O) groups excluding carboxylic acids is 1. The topological polar surface area (TPSA) is 64.9 Å². The standard InChI is InChI=1S/C22H26F5N3O3/c1-13-10-15(20(31)29-33-16-4-8-32-9-5-16)12-18-28-19(22(25,26)27)17(30(13)18)11-14-2-6-21(23,24)7-3-14/h10,12,14,16H,2-9,11H2,1H3,(H,29,31). The fourth-order valence-electron chi connectivity index (χ4n) is 4.55. The number of hydroxylamine groups is 1. The molecule has 0 aromatic carbocycles. The Bertz CT molecular complexity index is 1000. The van der Waals surface area contributed by atoms with E-state index in [0.29, 0.717) is 31.7 Å². The molecule has 0 bridgehead atoms. The summed E-state index contributed by atoms with van der Waals surface area (Å²) in [5, 5.41) is 0. The lowest BCUT2D eigenvalue weighted by atomic mass is 9.83. The van der Waals surface area contributed by atoms with Crippen molar-refractivity contribution in [2.75, 3.05) is 13.2 Å². The highest BCUT2D eigenvalue weighted by atomic mass is 19.4. The molecule has 11 heteroatoms. The van der Waals surface area contributed by atoms with Crippen LogP contribution in [0.25, 0.3) is 5.65 Å². The fraction of sp³-hybridized carbons (Fsp3) is 0.636. The van der Waals surface area contributed by atoms with Crippen LogP contribution in [0, 0.1) is 12.8 Å². The number of nitrogens with one attached hydrogen (secondary N) is 1. The molecule has 2 aliphatic rings. The van der Waals surface area contributed by atoms with Gasteiger partial charge in [-0.15, -0.1) is 0 Å². The van der Waals surface area contributed by atoms with Gasteiger partial charge in [-0.1, -0.05) is 0 Å². The number of pyridine rings is 1. The maximum atomic E-state index is 13.8. The third-order valence-corrected chi connectivity index (χ3v) is 6.34. The zero-order valence-electron chi connectivity index (χ0n) is 18.2. The molecule has 1 amide bonds. The third kappa shape index (κ3) is 5.46. The van der Waals surface area contributed by atoms with Crippen LogP contribution in [0.15, 0.2) is 12.1 Å². The van der Waals surface area contributed by atoms with Gasteiger partial charge in [-0.25, -0.2) is 19.2 Å². The van der Waals surface area contributed by atoms with Gasteiger partial charge in [0.05, 0.1) is 11.8 Å². The van der Waals surface area contributed by atoms with Gasteiger partial charge in [-0.3, -0.25) is 9.63 Å². The van der Waals surface area contributed by atoms with Gasteiger partial charge < -0.3 is 9.14 Å². The van der Waals surface area contributed by atoms with Crippen molar-refractivity contribution in [3.05, 3.63) is 34.8 Å². The first-order valence-corrected chi connectivity index (χ1v) is 11.0. The van der Waals surface area contributed by atoms with Crippen LogP contribution in [-0.2, 0) is 22.2 Å². The van der Waals surface area contributed by atoms with Crippen LogP contribution in [-0.4, -0.2) is 40.5 Å². The second-order valence-electron chi connectivity index (χ2n) is 8.85. The zero-order chi connectivity index (χ0) is 23.8. The first-order valence-electron chi connectivity index (χ1n) is 11.0. The van der Waals surface area contributed by atoms with Crippen LogP contribution in [0.2, 0.25) is 0 Å². The second kappa shape index (κ2) is 9.17. The van der Waals surface area contributed by atoms with Crippen molar-refractivity contribution in [3.8, 4) is 0 Å². The molecule has 1 aliphatic carbocycles. The van der Waals surface area contributed by atoms with Crippen molar-refractivity contribution >= 4 is 11.6 Å². The fourth-order valence-corrected chi connectivity index (χ4v) is 4.55. The number of halogens is 5. The monoisotopic (exact) mass is 475 g/mol. The van der Waals surface area contributed by atoms with Crippen molar-refractivity contribution in [2.24, 2.45) is 5.92 Å². The molecule has 6 nitrogen and oxygen atoms in total. The average molecular weight is 475 g/mol. The lowest BCUT2D eigenvalue weighted by molar-refractivity contribution is -0.141. The van der Waals surface area contributed by atoms with E-state index in [1.54, 1.807) is 6.92 Å². The SMILES string of the molecule is Cc1cc(C(=O)NOC2CCOCC2)cc2nc(C(F)(F)F)c(CC3CCC(F)(F)CC3)n12. The smallest absolute Gasteiger partial charge is 0.381 e. The van der Waals surface area contributed by atoms with Gasteiger partial charge in [0.2, 0.25) is 5.92 Å². The van der Waals surface area contributed by atoms with Gasteiger partial charge in [0, 0.05) is 37.3 Å². The highest BCUT2D eigenvalue weighted by molar-refractivity contribution is 5.94. The van der Waals surface area contributed by atoms with E-state index in [9.17, 15) is 26.7 Å². The van der Waals surface area contributed by atoms with E-state index < -0.39 is 23.7 Å². The summed E-state index contributed by atoms with van der Waals surface area (Å²) >= 11 is 0. The van der Waals surface area contributed by atoms with Gasteiger partial charge in [0.1, 0.15) is 5.65 Å². The molecular weight excluding hydrogens is 449 g/mol. The zero-order valence-corrected chi connectivity index (χ0v) is 18.2. The van der Waals surface area contributed by atoms with E-state index >= 15 is 0 Å². The van der Waals surface area contributed by atoms with Crippen molar-refractivity contribution in [1.82, 2.24) is 14.9 Å². The number of alkyl halides is 5. The highest BCUT2D eigenvalue weighted by Gasteiger charge is 2.40. The number of hydrogen-bond donors (Lipinski definition) is 1. The molecule has 1 aliphatic heterocycles. The molecular formula is C22H26F5N3O3. The molecule has 2 fully saturated rings. The molecule has 1 N–H and O–H groups in total. The quantitative estimate of drug-likeness (QED) is 0.495. The van der Waals surface area contributed by atoms with Crippen molar-refractivity contribution in [2.45, 2.75) is 70.1 Å². The first kappa shape index (κ1) is 23.9. The Balaban J connectivity index is 1.59. The number of fused-ring (bicyclic) bond motifs is 1. The largest absolute Gasteiger partial charge is 0.435 e. The van der Waals surface area contributed by atoms with Crippen LogP contribution in [0.3, 0.4) is 0 Å². The Labute approximate surface area is 187 Å². The van der Waals surface area contributed by atoms with Crippen molar-refractivity contribution in [3.63, 3.8) is 0 Å². The van der Waals surface area contributed by atoms with E-state index in [2.05, 4.69) is 10.5 Å². The molecule has 3 heterocycles. The summed E-state index contributed by atoms with van der Waals surface area (Å²) in [6, 6.07) is 2.75. The maximum absolute atomic E-state index is 13.8. The third-order valence-electron chi connectivity index (χ3n) is 6.34. The summed E-state index contributed by atoms with van der Waals surface area (Å²) < 4.78 is 74.9. The van der Waals surface area contributed by atoms with E-state index in [0.717, 1.165) is 0 Å². The molecule has 0 radical (unpaired) electrons. The molecule has 4 rings (SSSR count). The highest BCUT2D eigenvalue weighted by Crippen LogP contribution is 2.40. The van der Waals surface area contributed by atoms with Crippen molar-refractivity contribution < 1.29 is 36.3 Å². The number of hydrogen-bond acceptors (Lipinski definition) is 4. The van der Waals surface area contributed by atoms with Gasteiger partial charge in [-0.05, 0) is 57.1 Å². The van der Waals surface area contributed by atoms with E-state index in [1.807, 2.05) is 0 Å². The van der Waals surface area contributed by atoms with Crippen LogP contribution >= 0.6 is 0 Å². The lowest BCUT2D eigenvalue weighted by Crippen LogP contribution is -2.33. The van der Waals surface area contributed by atoms with E-state index in [4.69, 9.17) is 9.57 Å². The van der Waals surface area contributed by atoms with Crippen LogP contribution in [0.1, 0.15) is 66.0 Å². The van der Waals surface area contributed by atoms with Gasteiger partial charge in [0.15, 0.2) is 5.69 Å². The summed E-state index contributed by atoms with van der Waals surface area (Å²) in [6.45, 7) is 2.64. The molecule has 1 saturated heterocycles. The normalized spacial score (nSPS) is 20.3. The van der Waals surface area contributed by atoms with Gasteiger partial charge in [-0.2, -0.15) is 13.2 Å². The maximum Gasteiger partial charge on any atom is 0.435 e. The lowest BCUT2D eigenvalue weighted by Gasteiger charge is -2.28. The molecule has 2 aromatic heterocycles. The molecule has 0 atom stereocenters. The molecule has 0 unspecified atom stereocenters. The number of rotatable bonds is 5. The summed E-state index contributed by atoms with van der Waals surface area (Å²) in [7, 11) is 0. The summed E-state index contributed by atoms with van der Waals surface area (Å²) in [5.41, 5.74) is 1.75. The van der Waals surface area contributed by atoms with Crippen LogP contribution in [0.4, 0.5) is 22.0 Å². The number of aromatic nitrogens is 2. The predicted octanol–water partition coefficient (Wildman–Crippen LogP) is 4.87.